The fraction of sp³-hybridized carbons (Fsp3) is 0.500. The van der Waals surface area contributed by atoms with E-state index in [1.165, 1.54) is 6.42 Å². The van der Waals surface area contributed by atoms with E-state index >= 15 is 0 Å². The molecule has 0 spiro atoms. The van der Waals surface area contributed by atoms with Crippen LogP contribution in [0.3, 0.4) is 0 Å². The van der Waals surface area contributed by atoms with Gasteiger partial charge in [0.15, 0.2) is 0 Å². The monoisotopic (exact) mass is 140 g/mol. The molecule has 0 heterocycles. The molecule has 0 amide bonds. The minimum atomic E-state index is 0.758. The van der Waals surface area contributed by atoms with Crippen molar-refractivity contribution in [1.29, 1.82) is 0 Å². The summed E-state index contributed by atoms with van der Waals surface area (Å²) in [5.74, 6) is 5.05. The number of unbranched alkanes of at least 4 members (excludes halogenated alkanes) is 2. The average Bonchev–Trinajstić information content (AvgIpc) is 1.97. The smallest absolute Gasteiger partial charge is 0.0278 e. The average molecular weight is 140 g/mol. The summed E-state index contributed by atoms with van der Waals surface area (Å²) >= 11 is 0. The van der Waals surface area contributed by atoms with E-state index in [4.69, 9.17) is 5.84 Å². The van der Waals surface area contributed by atoms with Gasteiger partial charge >= 0.3 is 0 Å². The number of hydrazine groups is 1. The molecule has 0 aromatic rings. The summed E-state index contributed by atoms with van der Waals surface area (Å²) in [5.41, 5.74) is 2.55. The molecular weight excluding hydrogens is 124 g/mol. The fourth-order valence-electron chi connectivity index (χ4n) is 0.649. The summed E-state index contributed by atoms with van der Waals surface area (Å²) in [4.78, 5) is 0. The van der Waals surface area contributed by atoms with Gasteiger partial charge in [-0.25, -0.2) is 0 Å². The van der Waals surface area contributed by atoms with Crippen molar-refractivity contribution in [3.63, 3.8) is 0 Å². The molecular formula is C8H16N2. The molecule has 0 aromatic heterocycles. The molecule has 3 N–H and O–H groups in total. The molecule has 0 saturated heterocycles. The second kappa shape index (κ2) is 8.40. The quantitative estimate of drug-likeness (QED) is 0.253. The van der Waals surface area contributed by atoms with Crippen molar-refractivity contribution in [3.8, 4) is 0 Å². The molecule has 0 atom stereocenters. The maximum atomic E-state index is 5.05. The zero-order chi connectivity index (χ0) is 7.66. The summed E-state index contributed by atoms with van der Waals surface area (Å²) in [7, 11) is 0. The number of hydrogen-bond donors (Lipinski definition) is 2. The molecule has 10 heavy (non-hydrogen) atoms. The van der Waals surface area contributed by atoms with E-state index in [9.17, 15) is 0 Å². The normalized spacial score (nSPS) is 10.5. The van der Waals surface area contributed by atoms with Crippen LogP contribution in [0.4, 0.5) is 0 Å². The van der Waals surface area contributed by atoms with Crippen LogP contribution in [0.25, 0.3) is 0 Å². The molecule has 58 valence electrons. The fourth-order valence-corrected chi connectivity index (χ4v) is 0.649. The molecule has 0 aliphatic heterocycles. The van der Waals surface area contributed by atoms with E-state index in [1.54, 1.807) is 0 Å². The van der Waals surface area contributed by atoms with Crippen LogP contribution < -0.4 is 11.3 Å². The maximum Gasteiger partial charge on any atom is 0.0278 e. The molecule has 0 rings (SSSR count). The predicted molar refractivity (Wildman–Crippen MR) is 45.4 cm³/mol. The van der Waals surface area contributed by atoms with E-state index in [0.717, 1.165) is 19.4 Å². The first-order valence-corrected chi connectivity index (χ1v) is 3.61. The molecule has 2 nitrogen and oxygen atoms in total. The second-order valence-electron chi connectivity index (χ2n) is 2.10. The van der Waals surface area contributed by atoms with Crippen LogP contribution >= 0.6 is 0 Å². The third kappa shape index (κ3) is 7.40. The Hall–Kier alpha value is -0.600. The van der Waals surface area contributed by atoms with Crippen LogP contribution in [0.1, 0.15) is 19.3 Å². The SMILES string of the molecule is C=CCCCC=CCNN. The standard InChI is InChI=1S/C8H16N2/c1-2-3-4-5-6-7-8-10-9/h2,6-7,10H,1,3-5,8-9H2. The Kier molecular flexibility index (Phi) is 7.90. The zero-order valence-electron chi connectivity index (χ0n) is 6.34. The molecule has 0 bridgehead atoms. The summed E-state index contributed by atoms with van der Waals surface area (Å²) in [6.07, 6.45) is 9.50. The van der Waals surface area contributed by atoms with E-state index in [2.05, 4.69) is 18.1 Å². The zero-order valence-corrected chi connectivity index (χ0v) is 6.34. The van der Waals surface area contributed by atoms with Crippen LogP contribution in [0.2, 0.25) is 0 Å². The largest absolute Gasteiger partial charge is 0.271 e. The van der Waals surface area contributed by atoms with Crippen molar-refractivity contribution in [1.82, 2.24) is 5.43 Å². The van der Waals surface area contributed by atoms with E-state index in [-0.39, 0.29) is 0 Å². The predicted octanol–water partition coefficient (Wildman–Crippen LogP) is 1.36. The van der Waals surface area contributed by atoms with Crippen molar-refractivity contribution in [3.05, 3.63) is 24.8 Å². The highest BCUT2D eigenvalue weighted by Crippen LogP contribution is 1.95. The first-order valence-electron chi connectivity index (χ1n) is 3.61. The van der Waals surface area contributed by atoms with Gasteiger partial charge in [0.25, 0.3) is 0 Å². The highest BCUT2D eigenvalue weighted by Gasteiger charge is 1.77. The van der Waals surface area contributed by atoms with Crippen molar-refractivity contribution < 1.29 is 0 Å². The molecule has 2 heteroatoms. The number of rotatable bonds is 6. The van der Waals surface area contributed by atoms with E-state index in [1.807, 2.05) is 12.2 Å². The summed E-state index contributed by atoms with van der Waals surface area (Å²) < 4.78 is 0. The van der Waals surface area contributed by atoms with Crippen molar-refractivity contribution in [2.45, 2.75) is 19.3 Å². The summed E-state index contributed by atoms with van der Waals surface area (Å²) in [5, 5.41) is 0. The van der Waals surface area contributed by atoms with Gasteiger partial charge in [0, 0.05) is 6.54 Å². The van der Waals surface area contributed by atoms with Crippen LogP contribution in [0.5, 0.6) is 0 Å². The lowest BCUT2D eigenvalue weighted by Crippen LogP contribution is -2.21. The lowest BCUT2D eigenvalue weighted by molar-refractivity contribution is 0.813. The Morgan fingerprint density at radius 1 is 1.30 bits per heavy atom. The minimum absolute atomic E-state index is 0.758. The van der Waals surface area contributed by atoms with Crippen molar-refractivity contribution in [2.75, 3.05) is 6.54 Å². The summed E-state index contributed by atoms with van der Waals surface area (Å²) in [6, 6.07) is 0. The third-order valence-electron chi connectivity index (χ3n) is 1.18. The van der Waals surface area contributed by atoms with E-state index < -0.39 is 0 Å². The molecule has 0 aromatic carbocycles. The van der Waals surface area contributed by atoms with E-state index in [0.29, 0.717) is 0 Å². The van der Waals surface area contributed by atoms with Gasteiger partial charge in [0.2, 0.25) is 0 Å². The van der Waals surface area contributed by atoms with Gasteiger partial charge in [-0.2, -0.15) is 0 Å². The van der Waals surface area contributed by atoms with Gasteiger partial charge in [0.1, 0.15) is 0 Å². The number of nitrogens with one attached hydrogen (secondary N) is 1. The van der Waals surface area contributed by atoms with Crippen molar-refractivity contribution >= 4 is 0 Å². The van der Waals surface area contributed by atoms with Crippen LogP contribution in [-0.4, -0.2) is 6.54 Å². The maximum absolute atomic E-state index is 5.05. The molecule has 0 unspecified atom stereocenters. The van der Waals surface area contributed by atoms with Gasteiger partial charge in [-0.15, -0.1) is 6.58 Å². The van der Waals surface area contributed by atoms with Crippen LogP contribution in [0.15, 0.2) is 24.8 Å². The van der Waals surface area contributed by atoms with Gasteiger partial charge in [-0.3, -0.25) is 11.3 Å². The van der Waals surface area contributed by atoms with Gasteiger partial charge < -0.3 is 0 Å². The molecule has 0 aliphatic rings. The Labute approximate surface area is 62.8 Å². The van der Waals surface area contributed by atoms with Gasteiger partial charge in [-0.1, -0.05) is 18.2 Å². The second-order valence-corrected chi connectivity index (χ2v) is 2.10. The molecule has 0 fully saturated rings. The first kappa shape index (κ1) is 9.40. The van der Waals surface area contributed by atoms with Gasteiger partial charge in [0.05, 0.1) is 0 Å². The van der Waals surface area contributed by atoms with Crippen LogP contribution in [0, 0.1) is 0 Å². The highest BCUT2D eigenvalue weighted by molar-refractivity contribution is 4.83. The highest BCUT2D eigenvalue weighted by atomic mass is 15.2. The lowest BCUT2D eigenvalue weighted by atomic mass is 10.2. The molecule has 0 radical (unpaired) electrons. The summed E-state index contributed by atoms with van der Waals surface area (Å²) in [6.45, 7) is 4.40. The number of hydrogen-bond acceptors (Lipinski definition) is 2. The minimum Gasteiger partial charge on any atom is -0.271 e. The van der Waals surface area contributed by atoms with Gasteiger partial charge in [-0.05, 0) is 19.3 Å². The molecule has 0 saturated carbocycles. The van der Waals surface area contributed by atoms with Crippen molar-refractivity contribution in [2.24, 2.45) is 5.84 Å². The Bertz CT molecular complexity index is 97.4. The topological polar surface area (TPSA) is 38.0 Å². The third-order valence-corrected chi connectivity index (χ3v) is 1.18. The molecule has 0 aliphatic carbocycles. The Morgan fingerprint density at radius 2 is 2.10 bits per heavy atom. The Balaban J connectivity index is 2.94. The lowest BCUT2D eigenvalue weighted by Gasteiger charge is -1.89. The number of nitrogens with two attached hydrogens (primary N) is 1. The first-order chi connectivity index (χ1) is 4.91. The van der Waals surface area contributed by atoms with Crippen LogP contribution in [-0.2, 0) is 0 Å². The Morgan fingerprint density at radius 3 is 2.70 bits per heavy atom. The number of allylic oxidation sites excluding steroid dienone is 2.